The molecule has 0 spiro atoms. The van der Waals surface area contributed by atoms with Crippen LogP contribution in [-0.2, 0) is 12.8 Å². The minimum atomic E-state index is 0.335. The minimum absolute atomic E-state index is 0.335. The summed E-state index contributed by atoms with van der Waals surface area (Å²) in [5, 5.41) is 16.0. The zero-order valence-electron chi connectivity index (χ0n) is 11.5. The van der Waals surface area contributed by atoms with E-state index in [0.29, 0.717) is 16.7 Å². The Labute approximate surface area is 129 Å². The second-order valence-electron chi connectivity index (χ2n) is 5.16. The Hall–Kier alpha value is -2.38. The van der Waals surface area contributed by atoms with Gasteiger partial charge in [0.25, 0.3) is 0 Å². The maximum atomic E-state index is 8.90. The van der Waals surface area contributed by atoms with Crippen LogP contribution in [0.2, 0.25) is 0 Å². The molecular weight excluding hydrogens is 278 g/mol. The number of hydrogen-bond acceptors (Lipinski definition) is 2. The van der Waals surface area contributed by atoms with Crippen molar-refractivity contribution < 1.29 is 0 Å². The molecule has 0 heterocycles. The number of anilines is 1. The second-order valence-corrected chi connectivity index (χ2v) is 5.57. The Kier molecular flexibility index (Phi) is 3.85. The predicted octanol–water partition coefficient (Wildman–Crippen LogP) is 3.01. The molecule has 21 heavy (non-hydrogen) atoms. The Balaban J connectivity index is 1.59. The minimum Gasteiger partial charge on any atom is -0.359 e. The Morgan fingerprint density at radius 1 is 1.10 bits per heavy atom. The van der Waals surface area contributed by atoms with E-state index >= 15 is 0 Å². The van der Waals surface area contributed by atoms with Crippen molar-refractivity contribution in [2.45, 2.75) is 18.9 Å². The first-order valence-corrected chi connectivity index (χ1v) is 7.30. The maximum Gasteiger partial charge on any atom is 0.171 e. The van der Waals surface area contributed by atoms with Crippen LogP contribution in [0.15, 0.2) is 48.5 Å². The average molecular weight is 293 g/mol. The summed E-state index contributed by atoms with van der Waals surface area (Å²) in [5.41, 5.74) is 4.24. The van der Waals surface area contributed by atoms with Gasteiger partial charge in [0, 0.05) is 11.7 Å². The normalized spacial score (nSPS) is 13.3. The molecule has 0 unspecified atom stereocenters. The first-order valence-electron chi connectivity index (χ1n) is 6.89. The lowest BCUT2D eigenvalue weighted by molar-refractivity contribution is 0.648. The van der Waals surface area contributed by atoms with E-state index in [4.69, 9.17) is 17.5 Å². The fourth-order valence-electron chi connectivity index (χ4n) is 2.68. The van der Waals surface area contributed by atoms with Crippen LogP contribution in [0.5, 0.6) is 0 Å². The zero-order chi connectivity index (χ0) is 14.7. The van der Waals surface area contributed by atoms with Crippen molar-refractivity contribution in [2.75, 3.05) is 5.32 Å². The molecule has 0 fully saturated rings. The number of thiocarbonyl (C=S) groups is 1. The molecule has 3 nitrogen and oxygen atoms in total. The third-order valence-electron chi connectivity index (χ3n) is 3.64. The monoisotopic (exact) mass is 293 g/mol. The molecule has 2 aromatic carbocycles. The van der Waals surface area contributed by atoms with Crippen molar-refractivity contribution in [3.63, 3.8) is 0 Å². The number of nitrogens with zero attached hydrogens (tertiary/aromatic N) is 1. The van der Waals surface area contributed by atoms with E-state index in [-0.39, 0.29) is 0 Å². The molecule has 2 aromatic rings. The van der Waals surface area contributed by atoms with Gasteiger partial charge >= 0.3 is 0 Å². The van der Waals surface area contributed by atoms with Gasteiger partial charge in [-0.3, -0.25) is 0 Å². The number of nitrogens with one attached hydrogen (secondary N) is 2. The molecule has 1 aliphatic carbocycles. The van der Waals surface area contributed by atoms with Gasteiger partial charge in [0.15, 0.2) is 5.11 Å². The van der Waals surface area contributed by atoms with Crippen LogP contribution in [0.25, 0.3) is 0 Å². The molecule has 4 heteroatoms. The van der Waals surface area contributed by atoms with E-state index < -0.39 is 0 Å². The van der Waals surface area contributed by atoms with E-state index in [1.807, 2.05) is 12.1 Å². The molecule has 2 N–H and O–H groups in total. The molecule has 0 amide bonds. The van der Waals surface area contributed by atoms with Crippen molar-refractivity contribution in [3.8, 4) is 6.07 Å². The van der Waals surface area contributed by atoms with Gasteiger partial charge in [-0.15, -0.1) is 0 Å². The third kappa shape index (κ3) is 3.21. The molecule has 0 atom stereocenters. The summed E-state index contributed by atoms with van der Waals surface area (Å²) in [4.78, 5) is 0. The predicted molar refractivity (Wildman–Crippen MR) is 88.2 cm³/mol. The molecule has 0 radical (unpaired) electrons. The summed E-state index contributed by atoms with van der Waals surface area (Å²) in [7, 11) is 0. The zero-order valence-corrected chi connectivity index (χ0v) is 12.3. The lowest BCUT2D eigenvalue weighted by atomic mass is 10.1. The van der Waals surface area contributed by atoms with Crippen LogP contribution in [0, 0.1) is 11.3 Å². The average Bonchev–Trinajstić information content (AvgIpc) is 2.89. The van der Waals surface area contributed by atoms with Gasteiger partial charge in [-0.05, 0) is 54.4 Å². The molecular formula is C17H15N3S. The lowest BCUT2D eigenvalue weighted by Crippen LogP contribution is -2.38. The first kappa shape index (κ1) is 13.6. The smallest absolute Gasteiger partial charge is 0.171 e. The van der Waals surface area contributed by atoms with Crippen molar-refractivity contribution >= 4 is 23.0 Å². The molecule has 104 valence electrons. The highest BCUT2D eigenvalue weighted by Crippen LogP contribution is 2.21. The second kappa shape index (κ2) is 5.94. The fourth-order valence-corrected chi connectivity index (χ4v) is 2.96. The van der Waals surface area contributed by atoms with Crippen LogP contribution in [0.1, 0.15) is 16.7 Å². The molecule has 0 bridgehead atoms. The molecule has 0 aliphatic heterocycles. The number of nitriles is 1. The summed E-state index contributed by atoms with van der Waals surface area (Å²) in [6.07, 6.45) is 1.99. The van der Waals surface area contributed by atoms with E-state index in [1.165, 1.54) is 11.1 Å². The summed E-state index contributed by atoms with van der Waals surface area (Å²) in [6, 6.07) is 18.3. The van der Waals surface area contributed by atoms with Crippen LogP contribution >= 0.6 is 12.2 Å². The Bertz CT molecular complexity index is 693. The first-order chi connectivity index (χ1) is 10.2. The molecule has 3 rings (SSSR count). The fraction of sp³-hybridized carbons (Fsp3) is 0.176. The van der Waals surface area contributed by atoms with Gasteiger partial charge < -0.3 is 10.6 Å². The molecule has 0 aromatic heterocycles. The third-order valence-corrected chi connectivity index (χ3v) is 3.86. The molecule has 1 aliphatic rings. The number of fused-ring (bicyclic) bond motifs is 1. The summed E-state index contributed by atoms with van der Waals surface area (Å²) >= 11 is 5.36. The van der Waals surface area contributed by atoms with E-state index in [0.717, 1.165) is 18.5 Å². The van der Waals surface area contributed by atoms with Gasteiger partial charge in [0.2, 0.25) is 0 Å². The maximum absolute atomic E-state index is 8.90. The largest absolute Gasteiger partial charge is 0.359 e. The van der Waals surface area contributed by atoms with Crippen LogP contribution in [0.4, 0.5) is 5.69 Å². The van der Waals surface area contributed by atoms with Crippen molar-refractivity contribution in [2.24, 2.45) is 0 Å². The van der Waals surface area contributed by atoms with Crippen LogP contribution in [-0.4, -0.2) is 11.2 Å². The topological polar surface area (TPSA) is 47.9 Å². The quantitative estimate of drug-likeness (QED) is 0.836. The highest BCUT2D eigenvalue weighted by atomic mass is 32.1. The number of benzene rings is 2. The van der Waals surface area contributed by atoms with Gasteiger partial charge in [-0.1, -0.05) is 30.3 Å². The van der Waals surface area contributed by atoms with Crippen molar-refractivity contribution in [1.82, 2.24) is 5.32 Å². The summed E-state index contributed by atoms with van der Waals surface area (Å²) < 4.78 is 0. The SMILES string of the molecule is N#Cc1cccc(NC(=S)NC2Cc3ccccc3C2)c1. The van der Waals surface area contributed by atoms with Crippen LogP contribution < -0.4 is 10.6 Å². The van der Waals surface area contributed by atoms with E-state index in [9.17, 15) is 0 Å². The van der Waals surface area contributed by atoms with Crippen molar-refractivity contribution in [3.05, 3.63) is 65.2 Å². The van der Waals surface area contributed by atoms with Gasteiger partial charge in [-0.2, -0.15) is 5.26 Å². The lowest BCUT2D eigenvalue weighted by Gasteiger charge is -2.16. The molecule has 0 saturated carbocycles. The summed E-state index contributed by atoms with van der Waals surface area (Å²) in [5.74, 6) is 0. The Morgan fingerprint density at radius 2 is 1.81 bits per heavy atom. The molecule has 0 saturated heterocycles. The summed E-state index contributed by atoms with van der Waals surface area (Å²) in [6.45, 7) is 0. The Morgan fingerprint density at radius 3 is 2.48 bits per heavy atom. The van der Waals surface area contributed by atoms with Crippen molar-refractivity contribution in [1.29, 1.82) is 5.26 Å². The van der Waals surface area contributed by atoms with E-state index in [1.54, 1.807) is 12.1 Å². The van der Waals surface area contributed by atoms with E-state index in [2.05, 4.69) is 41.0 Å². The standard InChI is InChI=1S/C17H15N3S/c18-11-12-4-3-7-15(8-12)19-17(21)20-16-9-13-5-1-2-6-14(13)10-16/h1-8,16H,9-10H2,(H2,19,20,21). The highest BCUT2D eigenvalue weighted by molar-refractivity contribution is 7.80. The van der Waals surface area contributed by atoms with Crippen LogP contribution in [0.3, 0.4) is 0 Å². The van der Waals surface area contributed by atoms with Gasteiger partial charge in [0.1, 0.15) is 0 Å². The van der Waals surface area contributed by atoms with Gasteiger partial charge in [-0.25, -0.2) is 0 Å². The number of rotatable bonds is 2. The highest BCUT2D eigenvalue weighted by Gasteiger charge is 2.21. The van der Waals surface area contributed by atoms with Gasteiger partial charge in [0.05, 0.1) is 11.6 Å². The number of hydrogen-bond donors (Lipinski definition) is 2.